The molecule has 0 saturated carbocycles. The van der Waals surface area contributed by atoms with Gasteiger partial charge in [-0.3, -0.25) is 4.79 Å². The van der Waals surface area contributed by atoms with Crippen molar-refractivity contribution < 1.29 is 19.1 Å². The van der Waals surface area contributed by atoms with E-state index in [2.05, 4.69) is 10.1 Å². The number of carbonyl (C=O) groups is 2. The SMILES string of the molecule is COC(=O)C(C)(C)NC(=O)CCc1ccccc1OC. The number of para-hydroxylation sites is 1. The molecule has 0 aliphatic rings. The van der Waals surface area contributed by atoms with E-state index in [1.54, 1.807) is 21.0 Å². The second-order valence-corrected chi connectivity index (χ2v) is 4.98. The number of nitrogens with one attached hydrogen (secondary N) is 1. The number of rotatable bonds is 6. The van der Waals surface area contributed by atoms with Crippen LogP contribution in [0, 0.1) is 0 Å². The third kappa shape index (κ3) is 4.26. The summed E-state index contributed by atoms with van der Waals surface area (Å²) in [4.78, 5) is 23.4. The van der Waals surface area contributed by atoms with Crippen LogP contribution >= 0.6 is 0 Å². The summed E-state index contributed by atoms with van der Waals surface area (Å²) in [6.07, 6.45) is 0.827. The van der Waals surface area contributed by atoms with Crippen LogP contribution in [0.4, 0.5) is 0 Å². The molecule has 1 rings (SSSR count). The van der Waals surface area contributed by atoms with Crippen LogP contribution < -0.4 is 10.1 Å². The molecule has 0 bridgehead atoms. The predicted octanol–water partition coefficient (Wildman–Crippen LogP) is 1.70. The van der Waals surface area contributed by atoms with Crippen LogP contribution in [0.5, 0.6) is 5.75 Å². The molecule has 1 aromatic rings. The zero-order valence-corrected chi connectivity index (χ0v) is 12.4. The Morgan fingerprint density at radius 2 is 1.85 bits per heavy atom. The molecular formula is C15H21NO4. The Hall–Kier alpha value is -2.04. The quantitative estimate of drug-likeness (QED) is 0.805. The lowest BCUT2D eigenvalue weighted by Gasteiger charge is -2.23. The van der Waals surface area contributed by atoms with Gasteiger partial charge in [-0.05, 0) is 31.9 Å². The van der Waals surface area contributed by atoms with E-state index in [1.165, 1.54) is 7.11 Å². The highest BCUT2D eigenvalue weighted by molar-refractivity contribution is 5.87. The Morgan fingerprint density at radius 3 is 2.45 bits per heavy atom. The van der Waals surface area contributed by atoms with Crippen molar-refractivity contribution in [1.82, 2.24) is 5.32 Å². The molecule has 0 atom stereocenters. The average molecular weight is 279 g/mol. The maximum atomic E-state index is 11.9. The van der Waals surface area contributed by atoms with Crippen LogP contribution in [0.3, 0.4) is 0 Å². The Bertz CT molecular complexity index is 483. The maximum Gasteiger partial charge on any atom is 0.330 e. The summed E-state index contributed by atoms with van der Waals surface area (Å²) < 4.78 is 9.87. The van der Waals surface area contributed by atoms with E-state index < -0.39 is 11.5 Å². The molecule has 5 nitrogen and oxygen atoms in total. The van der Waals surface area contributed by atoms with Gasteiger partial charge < -0.3 is 14.8 Å². The predicted molar refractivity (Wildman–Crippen MR) is 75.6 cm³/mol. The van der Waals surface area contributed by atoms with Crippen molar-refractivity contribution in [2.24, 2.45) is 0 Å². The number of hydrogen-bond donors (Lipinski definition) is 1. The second-order valence-electron chi connectivity index (χ2n) is 4.98. The van der Waals surface area contributed by atoms with Gasteiger partial charge in [0.2, 0.25) is 5.91 Å². The number of methoxy groups -OCH3 is 2. The van der Waals surface area contributed by atoms with Crippen LogP contribution in [0.2, 0.25) is 0 Å². The fourth-order valence-electron chi connectivity index (χ4n) is 1.87. The molecule has 0 spiro atoms. The van der Waals surface area contributed by atoms with Crippen LogP contribution in [-0.4, -0.2) is 31.6 Å². The van der Waals surface area contributed by atoms with Gasteiger partial charge >= 0.3 is 5.97 Å². The number of carbonyl (C=O) groups excluding carboxylic acids is 2. The van der Waals surface area contributed by atoms with E-state index in [4.69, 9.17) is 4.74 Å². The molecule has 1 N–H and O–H groups in total. The van der Waals surface area contributed by atoms with Crippen molar-refractivity contribution in [3.05, 3.63) is 29.8 Å². The van der Waals surface area contributed by atoms with Gasteiger partial charge in [-0.2, -0.15) is 0 Å². The molecule has 20 heavy (non-hydrogen) atoms. The van der Waals surface area contributed by atoms with E-state index in [-0.39, 0.29) is 12.3 Å². The van der Waals surface area contributed by atoms with Gasteiger partial charge in [0.15, 0.2) is 0 Å². The van der Waals surface area contributed by atoms with E-state index in [1.807, 2.05) is 24.3 Å². The molecule has 0 aliphatic heterocycles. The Kier molecular flexibility index (Phi) is 5.55. The first-order valence-corrected chi connectivity index (χ1v) is 6.42. The van der Waals surface area contributed by atoms with Gasteiger partial charge in [0.25, 0.3) is 0 Å². The molecular weight excluding hydrogens is 258 g/mol. The summed E-state index contributed by atoms with van der Waals surface area (Å²) in [6.45, 7) is 3.22. The van der Waals surface area contributed by atoms with Gasteiger partial charge in [0, 0.05) is 6.42 Å². The minimum atomic E-state index is -1.02. The zero-order chi connectivity index (χ0) is 15.2. The summed E-state index contributed by atoms with van der Waals surface area (Å²) in [5.74, 6) is 0.0852. The van der Waals surface area contributed by atoms with E-state index in [0.717, 1.165) is 11.3 Å². The van der Waals surface area contributed by atoms with Crippen molar-refractivity contribution in [1.29, 1.82) is 0 Å². The van der Waals surface area contributed by atoms with E-state index in [0.29, 0.717) is 6.42 Å². The standard InChI is InChI=1S/C15H21NO4/c1-15(2,14(18)20-4)16-13(17)10-9-11-7-5-6-8-12(11)19-3/h5-8H,9-10H2,1-4H3,(H,16,17). The number of esters is 1. The Balaban J connectivity index is 2.58. The number of aryl methyl sites for hydroxylation is 1. The normalized spacial score (nSPS) is 10.8. The lowest BCUT2D eigenvalue weighted by atomic mass is 10.0. The van der Waals surface area contributed by atoms with Crippen molar-refractivity contribution in [3.8, 4) is 5.75 Å². The van der Waals surface area contributed by atoms with Crippen molar-refractivity contribution in [3.63, 3.8) is 0 Å². The minimum absolute atomic E-state index is 0.202. The molecule has 1 amide bonds. The van der Waals surface area contributed by atoms with E-state index >= 15 is 0 Å². The van der Waals surface area contributed by atoms with Crippen LogP contribution in [0.15, 0.2) is 24.3 Å². The fraction of sp³-hybridized carbons (Fsp3) is 0.467. The number of ether oxygens (including phenoxy) is 2. The topological polar surface area (TPSA) is 64.6 Å². The van der Waals surface area contributed by atoms with Crippen LogP contribution in [0.25, 0.3) is 0 Å². The highest BCUT2D eigenvalue weighted by Crippen LogP contribution is 2.19. The number of hydrogen-bond acceptors (Lipinski definition) is 4. The molecule has 0 saturated heterocycles. The average Bonchev–Trinajstić information content (AvgIpc) is 2.43. The summed E-state index contributed by atoms with van der Waals surface area (Å²) in [5.41, 5.74) is -0.0619. The summed E-state index contributed by atoms with van der Waals surface area (Å²) in [7, 11) is 2.89. The van der Waals surface area contributed by atoms with Crippen molar-refractivity contribution in [2.45, 2.75) is 32.2 Å². The number of benzene rings is 1. The largest absolute Gasteiger partial charge is 0.496 e. The van der Waals surface area contributed by atoms with Gasteiger partial charge in [-0.15, -0.1) is 0 Å². The molecule has 5 heteroatoms. The number of amides is 1. The Morgan fingerprint density at radius 1 is 1.20 bits per heavy atom. The third-order valence-electron chi connectivity index (χ3n) is 2.96. The highest BCUT2D eigenvalue weighted by atomic mass is 16.5. The lowest BCUT2D eigenvalue weighted by molar-refractivity contribution is -0.149. The molecule has 1 aromatic carbocycles. The monoisotopic (exact) mass is 279 g/mol. The molecule has 0 radical (unpaired) electrons. The lowest BCUT2D eigenvalue weighted by Crippen LogP contribution is -2.50. The molecule has 0 fully saturated rings. The van der Waals surface area contributed by atoms with Gasteiger partial charge in [0.05, 0.1) is 14.2 Å². The molecule has 0 aliphatic carbocycles. The first-order chi connectivity index (χ1) is 9.40. The smallest absolute Gasteiger partial charge is 0.330 e. The van der Waals surface area contributed by atoms with Gasteiger partial charge in [-0.25, -0.2) is 4.79 Å². The summed E-state index contributed by atoms with van der Waals surface area (Å²) in [6, 6.07) is 7.54. The van der Waals surface area contributed by atoms with Crippen molar-refractivity contribution in [2.75, 3.05) is 14.2 Å². The molecule has 0 aromatic heterocycles. The van der Waals surface area contributed by atoms with Gasteiger partial charge in [0.1, 0.15) is 11.3 Å². The maximum absolute atomic E-state index is 11.9. The highest BCUT2D eigenvalue weighted by Gasteiger charge is 2.30. The first kappa shape index (κ1) is 16.0. The Labute approximate surface area is 119 Å². The second kappa shape index (κ2) is 6.93. The molecule has 0 unspecified atom stereocenters. The van der Waals surface area contributed by atoms with Crippen LogP contribution in [-0.2, 0) is 20.7 Å². The molecule has 0 heterocycles. The summed E-state index contributed by atoms with van der Waals surface area (Å²) >= 11 is 0. The van der Waals surface area contributed by atoms with Crippen LogP contribution in [0.1, 0.15) is 25.8 Å². The minimum Gasteiger partial charge on any atom is -0.496 e. The molecule has 110 valence electrons. The fourth-order valence-corrected chi connectivity index (χ4v) is 1.87. The van der Waals surface area contributed by atoms with E-state index in [9.17, 15) is 9.59 Å². The summed E-state index contributed by atoms with van der Waals surface area (Å²) in [5, 5.41) is 2.66. The zero-order valence-electron chi connectivity index (χ0n) is 12.4. The van der Waals surface area contributed by atoms with Crippen molar-refractivity contribution >= 4 is 11.9 Å². The first-order valence-electron chi connectivity index (χ1n) is 6.42. The third-order valence-corrected chi connectivity index (χ3v) is 2.96. The van der Waals surface area contributed by atoms with Gasteiger partial charge in [-0.1, -0.05) is 18.2 Å².